The molecule has 1 aliphatic heterocycles. The van der Waals surface area contributed by atoms with Crippen LogP contribution in [-0.4, -0.2) is 25.8 Å². The van der Waals surface area contributed by atoms with Gasteiger partial charge in [0.1, 0.15) is 0 Å². The summed E-state index contributed by atoms with van der Waals surface area (Å²) in [5, 5.41) is 4.76. The van der Waals surface area contributed by atoms with E-state index in [0.717, 1.165) is 4.88 Å². The van der Waals surface area contributed by atoms with Gasteiger partial charge in [-0.2, -0.15) is 0 Å². The van der Waals surface area contributed by atoms with E-state index >= 15 is 0 Å². The van der Waals surface area contributed by atoms with Crippen molar-refractivity contribution in [1.29, 1.82) is 0 Å². The SMILES string of the molecule is COC(=O)C[C@@H](NC(=O)c1ccc2c(c1)OCO2)c1cccs1. The van der Waals surface area contributed by atoms with Crippen LogP contribution in [-0.2, 0) is 9.53 Å². The van der Waals surface area contributed by atoms with Crippen LogP contribution in [0.5, 0.6) is 11.5 Å². The molecule has 1 amide bonds. The van der Waals surface area contributed by atoms with E-state index in [1.54, 1.807) is 18.2 Å². The summed E-state index contributed by atoms with van der Waals surface area (Å²) in [6, 6.07) is 8.29. The molecule has 0 fully saturated rings. The van der Waals surface area contributed by atoms with Gasteiger partial charge in [0.15, 0.2) is 11.5 Å². The summed E-state index contributed by atoms with van der Waals surface area (Å²) >= 11 is 1.47. The Kier molecular flexibility index (Phi) is 4.47. The minimum atomic E-state index is -0.430. The first-order valence-corrected chi connectivity index (χ1v) is 7.86. The second kappa shape index (κ2) is 6.70. The Bertz CT molecular complexity index is 713. The van der Waals surface area contributed by atoms with Crippen LogP contribution < -0.4 is 14.8 Å². The maximum Gasteiger partial charge on any atom is 0.307 e. The molecule has 0 aliphatic carbocycles. The third-order valence-corrected chi connectivity index (χ3v) is 4.41. The van der Waals surface area contributed by atoms with Gasteiger partial charge in [0, 0.05) is 10.4 Å². The van der Waals surface area contributed by atoms with E-state index in [2.05, 4.69) is 5.32 Å². The van der Waals surface area contributed by atoms with Crippen molar-refractivity contribution in [2.75, 3.05) is 13.9 Å². The quantitative estimate of drug-likeness (QED) is 0.851. The third kappa shape index (κ3) is 3.45. The Morgan fingerprint density at radius 1 is 1.30 bits per heavy atom. The predicted molar refractivity (Wildman–Crippen MR) is 83.7 cm³/mol. The zero-order valence-corrected chi connectivity index (χ0v) is 13.2. The number of carbonyl (C=O) groups excluding carboxylic acids is 2. The number of fused-ring (bicyclic) bond motifs is 1. The standard InChI is InChI=1S/C16H15NO5S/c1-20-15(18)8-11(14-3-2-6-23-14)17-16(19)10-4-5-12-13(7-10)22-9-21-12/h2-7,11H,8-9H2,1H3,(H,17,19)/t11-/m1/s1. The largest absolute Gasteiger partial charge is 0.469 e. The molecule has 23 heavy (non-hydrogen) atoms. The predicted octanol–water partition coefficient (Wildman–Crippen LogP) is 2.51. The van der Waals surface area contributed by atoms with Crippen LogP contribution in [0.1, 0.15) is 27.7 Å². The number of nitrogens with one attached hydrogen (secondary N) is 1. The van der Waals surface area contributed by atoms with E-state index in [1.165, 1.54) is 18.4 Å². The van der Waals surface area contributed by atoms with Gasteiger partial charge in [-0.05, 0) is 29.6 Å². The maximum atomic E-state index is 12.5. The second-order valence-electron chi connectivity index (χ2n) is 4.89. The number of thiophene rings is 1. The summed E-state index contributed by atoms with van der Waals surface area (Å²) in [6.45, 7) is 0.153. The highest BCUT2D eigenvalue weighted by atomic mass is 32.1. The Labute approximate surface area is 137 Å². The lowest BCUT2D eigenvalue weighted by Crippen LogP contribution is -2.30. The molecule has 2 heterocycles. The highest BCUT2D eigenvalue weighted by molar-refractivity contribution is 7.10. The molecule has 120 valence electrons. The van der Waals surface area contributed by atoms with Crippen LogP contribution in [0.3, 0.4) is 0 Å². The molecule has 1 aromatic carbocycles. The average molecular weight is 333 g/mol. The number of rotatable bonds is 5. The summed E-state index contributed by atoms with van der Waals surface area (Å²) in [5.74, 6) is 0.490. The fraction of sp³-hybridized carbons (Fsp3) is 0.250. The van der Waals surface area contributed by atoms with E-state index in [0.29, 0.717) is 17.1 Å². The summed E-state index contributed by atoms with van der Waals surface area (Å²) < 4.78 is 15.2. The van der Waals surface area contributed by atoms with Crippen LogP contribution in [0, 0.1) is 0 Å². The van der Waals surface area contributed by atoms with E-state index in [-0.39, 0.29) is 25.1 Å². The lowest BCUT2D eigenvalue weighted by molar-refractivity contribution is -0.141. The summed E-state index contributed by atoms with van der Waals surface area (Å²) in [5.41, 5.74) is 0.445. The van der Waals surface area contributed by atoms with Crippen LogP contribution in [0.25, 0.3) is 0 Å². The normalized spacial score (nSPS) is 13.4. The molecule has 1 N–H and O–H groups in total. The number of methoxy groups -OCH3 is 1. The monoisotopic (exact) mass is 333 g/mol. The van der Waals surface area contributed by atoms with Gasteiger partial charge in [0.05, 0.1) is 19.6 Å². The first-order valence-electron chi connectivity index (χ1n) is 6.98. The number of esters is 1. The highest BCUT2D eigenvalue weighted by Crippen LogP contribution is 2.32. The van der Waals surface area contributed by atoms with Gasteiger partial charge in [-0.25, -0.2) is 0 Å². The lowest BCUT2D eigenvalue weighted by Gasteiger charge is -2.16. The number of ether oxygens (including phenoxy) is 3. The van der Waals surface area contributed by atoms with E-state index < -0.39 is 6.04 Å². The number of hydrogen-bond acceptors (Lipinski definition) is 6. The van der Waals surface area contributed by atoms with Crippen molar-refractivity contribution in [2.24, 2.45) is 0 Å². The molecule has 0 unspecified atom stereocenters. The first-order chi connectivity index (χ1) is 11.2. The average Bonchev–Trinajstić information content (AvgIpc) is 3.24. The first kappa shape index (κ1) is 15.4. The third-order valence-electron chi connectivity index (χ3n) is 3.43. The fourth-order valence-corrected chi connectivity index (χ4v) is 3.02. The Hall–Kier alpha value is -2.54. The molecule has 0 saturated heterocycles. The maximum absolute atomic E-state index is 12.5. The number of hydrogen-bond donors (Lipinski definition) is 1. The number of amides is 1. The molecule has 7 heteroatoms. The van der Waals surface area contributed by atoms with Gasteiger partial charge in [-0.15, -0.1) is 11.3 Å². The van der Waals surface area contributed by atoms with E-state index in [1.807, 2.05) is 17.5 Å². The summed E-state index contributed by atoms with van der Waals surface area (Å²) in [6.07, 6.45) is 0.0767. The van der Waals surface area contributed by atoms with Gasteiger partial charge in [0.2, 0.25) is 6.79 Å². The molecule has 0 saturated carbocycles. The van der Waals surface area contributed by atoms with Gasteiger partial charge < -0.3 is 19.5 Å². The number of carbonyl (C=O) groups is 2. The Balaban J connectivity index is 1.76. The van der Waals surface area contributed by atoms with Crippen molar-refractivity contribution in [2.45, 2.75) is 12.5 Å². The van der Waals surface area contributed by atoms with E-state index in [9.17, 15) is 9.59 Å². The smallest absolute Gasteiger partial charge is 0.307 e. The van der Waals surface area contributed by atoms with Gasteiger partial charge in [0.25, 0.3) is 5.91 Å². The highest BCUT2D eigenvalue weighted by Gasteiger charge is 2.22. The molecular formula is C16H15NO5S. The van der Waals surface area contributed by atoms with E-state index in [4.69, 9.17) is 14.2 Å². The minimum absolute atomic E-state index is 0.0767. The van der Waals surface area contributed by atoms with Crippen molar-refractivity contribution >= 4 is 23.2 Å². The van der Waals surface area contributed by atoms with Crippen LogP contribution >= 0.6 is 11.3 Å². The van der Waals surface area contributed by atoms with Crippen molar-refractivity contribution < 1.29 is 23.8 Å². The minimum Gasteiger partial charge on any atom is -0.469 e. The van der Waals surface area contributed by atoms with Gasteiger partial charge in [-0.1, -0.05) is 6.07 Å². The van der Waals surface area contributed by atoms with Gasteiger partial charge >= 0.3 is 5.97 Å². The molecule has 0 bridgehead atoms. The summed E-state index contributed by atoms with van der Waals surface area (Å²) in [4.78, 5) is 24.9. The zero-order chi connectivity index (χ0) is 16.2. The van der Waals surface area contributed by atoms with Crippen LogP contribution in [0.15, 0.2) is 35.7 Å². The molecule has 1 aromatic heterocycles. The molecule has 2 aromatic rings. The second-order valence-corrected chi connectivity index (χ2v) is 5.87. The van der Waals surface area contributed by atoms with Crippen LogP contribution in [0.2, 0.25) is 0 Å². The molecule has 1 aliphatic rings. The van der Waals surface area contributed by atoms with Crippen molar-refractivity contribution in [3.05, 3.63) is 46.2 Å². The Morgan fingerprint density at radius 3 is 2.87 bits per heavy atom. The molecule has 0 spiro atoms. The zero-order valence-electron chi connectivity index (χ0n) is 12.4. The molecule has 6 nitrogen and oxygen atoms in total. The lowest BCUT2D eigenvalue weighted by atomic mass is 10.1. The fourth-order valence-electron chi connectivity index (χ4n) is 2.24. The van der Waals surface area contributed by atoms with Crippen molar-refractivity contribution in [1.82, 2.24) is 5.32 Å². The Morgan fingerprint density at radius 2 is 2.13 bits per heavy atom. The van der Waals surface area contributed by atoms with Gasteiger partial charge in [-0.3, -0.25) is 9.59 Å². The topological polar surface area (TPSA) is 73.9 Å². The molecule has 0 radical (unpaired) electrons. The number of benzene rings is 1. The molecule has 1 atom stereocenters. The molecular weight excluding hydrogens is 318 g/mol. The van der Waals surface area contributed by atoms with Crippen molar-refractivity contribution in [3.8, 4) is 11.5 Å². The molecule has 3 rings (SSSR count). The van der Waals surface area contributed by atoms with Crippen molar-refractivity contribution in [3.63, 3.8) is 0 Å². The van der Waals surface area contributed by atoms with Crippen LogP contribution in [0.4, 0.5) is 0 Å². The summed E-state index contributed by atoms with van der Waals surface area (Å²) in [7, 11) is 1.33.